The number of ether oxygens (including phenoxy) is 1. The molecule has 1 aliphatic rings. The molecule has 0 atom stereocenters. The number of hydrogen-bond donors (Lipinski definition) is 0. The Bertz CT molecular complexity index is 297. The lowest BCUT2D eigenvalue weighted by Gasteiger charge is -2.10. The van der Waals surface area contributed by atoms with Crippen LogP contribution in [0.25, 0.3) is 0 Å². The van der Waals surface area contributed by atoms with Gasteiger partial charge in [-0.1, -0.05) is 12.8 Å². The predicted octanol–water partition coefficient (Wildman–Crippen LogP) is 3.30. The van der Waals surface area contributed by atoms with Crippen molar-refractivity contribution in [3.8, 4) is 0 Å². The minimum atomic E-state index is 0.462. The van der Waals surface area contributed by atoms with E-state index >= 15 is 0 Å². The molecule has 1 saturated carbocycles. The molecule has 1 heterocycles. The minimum absolute atomic E-state index is 0.462. The van der Waals surface area contributed by atoms with E-state index in [0.29, 0.717) is 12.7 Å². The first kappa shape index (κ1) is 10.1. The standard InChI is InChI=1S/C11H14BrNO/c12-10-6-3-7-13-11(10)8-14-9-4-1-2-5-9/h3,6-7,9H,1-2,4-5,8H2. The molecule has 2 rings (SSSR count). The zero-order valence-electron chi connectivity index (χ0n) is 8.08. The summed E-state index contributed by atoms with van der Waals surface area (Å²) in [6.07, 6.45) is 7.32. The zero-order chi connectivity index (χ0) is 9.80. The summed E-state index contributed by atoms with van der Waals surface area (Å²) in [7, 11) is 0. The summed E-state index contributed by atoms with van der Waals surface area (Å²) in [5, 5.41) is 0. The van der Waals surface area contributed by atoms with Crippen molar-refractivity contribution in [3.05, 3.63) is 28.5 Å². The topological polar surface area (TPSA) is 22.1 Å². The van der Waals surface area contributed by atoms with Crippen molar-refractivity contribution in [3.63, 3.8) is 0 Å². The second kappa shape index (κ2) is 4.89. The highest BCUT2D eigenvalue weighted by Crippen LogP contribution is 2.23. The summed E-state index contributed by atoms with van der Waals surface area (Å²) in [4.78, 5) is 4.27. The highest BCUT2D eigenvalue weighted by molar-refractivity contribution is 9.10. The molecular formula is C11H14BrNO. The van der Waals surface area contributed by atoms with E-state index < -0.39 is 0 Å². The lowest BCUT2D eigenvalue weighted by molar-refractivity contribution is 0.0434. The fourth-order valence-corrected chi connectivity index (χ4v) is 2.15. The molecule has 0 radical (unpaired) electrons. The lowest BCUT2D eigenvalue weighted by Crippen LogP contribution is -2.08. The van der Waals surface area contributed by atoms with Gasteiger partial charge in [0.15, 0.2) is 0 Å². The summed E-state index contributed by atoms with van der Waals surface area (Å²) in [5.74, 6) is 0. The van der Waals surface area contributed by atoms with E-state index in [0.717, 1.165) is 10.2 Å². The van der Waals surface area contributed by atoms with Gasteiger partial charge in [0, 0.05) is 10.7 Å². The van der Waals surface area contributed by atoms with Crippen molar-refractivity contribution >= 4 is 15.9 Å². The van der Waals surface area contributed by atoms with Crippen molar-refractivity contribution in [1.29, 1.82) is 0 Å². The van der Waals surface area contributed by atoms with Gasteiger partial charge in [0.1, 0.15) is 0 Å². The molecule has 0 unspecified atom stereocenters. The van der Waals surface area contributed by atoms with Gasteiger partial charge in [0.25, 0.3) is 0 Å². The molecule has 2 nitrogen and oxygen atoms in total. The minimum Gasteiger partial charge on any atom is -0.372 e. The molecule has 0 aromatic carbocycles. The third-order valence-corrected chi connectivity index (χ3v) is 3.31. The predicted molar refractivity (Wildman–Crippen MR) is 59.0 cm³/mol. The molecule has 1 aromatic rings. The van der Waals surface area contributed by atoms with Gasteiger partial charge in [0.05, 0.1) is 18.4 Å². The fourth-order valence-electron chi connectivity index (χ4n) is 1.78. The Morgan fingerprint density at radius 2 is 2.21 bits per heavy atom. The maximum absolute atomic E-state index is 5.78. The maximum Gasteiger partial charge on any atom is 0.0903 e. The van der Waals surface area contributed by atoms with E-state index in [4.69, 9.17) is 4.74 Å². The fraction of sp³-hybridized carbons (Fsp3) is 0.545. The third kappa shape index (κ3) is 2.55. The van der Waals surface area contributed by atoms with E-state index in [1.807, 2.05) is 12.1 Å². The molecule has 1 aromatic heterocycles. The van der Waals surface area contributed by atoms with Gasteiger partial charge < -0.3 is 4.74 Å². The summed E-state index contributed by atoms with van der Waals surface area (Å²) in [6.45, 7) is 0.631. The number of hydrogen-bond acceptors (Lipinski definition) is 2. The molecule has 0 saturated heterocycles. The Morgan fingerprint density at radius 3 is 2.93 bits per heavy atom. The van der Waals surface area contributed by atoms with Gasteiger partial charge in [-0.05, 0) is 40.9 Å². The number of aromatic nitrogens is 1. The smallest absolute Gasteiger partial charge is 0.0903 e. The highest BCUT2D eigenvalue weighted by atomic mass is 79.9. The van der Waals surface area contributed by atoms with E-state index in [1.165, 1.54) is 25.7 Å². The van der Waals surface area contributed by atoms with Gasteiger partial charge in [0.2, 0.25) is 0 Å². The molecular weight excluding hydrogens is 242 g/mol. The Hall–Kier alpha value is -0.410. The summed E-state index contributed by atoms with van der Waals surface area (Å²) in [6, 6.07) is 3.92. The highest BCUT2D eigenvalue weighted by Gasteiger charge is 2.15. The summed E-state index contributed by atoms with van der Waals surface area (Å²) < 4.78 is 6.82. The van der Waals surface area contributed by atoms with Crippen LogP contribution in [0.1, 0.15) is 31.4 Å². The van der Waals surface area contributed by atoms with Crippen LogP contribution in [0.3, 0.4) is 0 Å². The van der Waals surface area contributed by atoms with Crippen LogP contribution in [-0.4, -0.2) is 11.1 Å². The monoisotopic (exact) mass is 255 g/mol. The first-order valence-electron chi connectivity index (χ1n) is 5.07. The van der Waals surface area contributed by atoms with Crippen LogP contribution in [0.2, 0.25) is 0 Å². The number of pyridine rings is 1. The summed E-state index contributed by atoms with van der Waals surface area (Å²) >= 11 is 3.46. The largest absolute Gasteiger partial charge is 0.372 e. The van der Waals surface area contributed by atoms with E-state index in [1.54, 1.807) is 6.20 Å². The van der Waals surface area contributed by atoms with Crippen LogP contribution in [0.4, 0.5) is 0 Å². The van der Waals surface area contributed by atoms with Gasteiger partial charge >= 0.3 is 0 Å². The van der Waals surface area contributed by atoms with Crippen LogP contribution in [0.5, 0.6) is 0 Å². The van der Waals surface area contributed by atoms with Crippen LogP contribution >= 0.6 is 15.9 Å². The number of rotatable bonds is 3. The number of nitrogens with zero attached hydrogens (tertiary/aromatic N) is 1. The SMILES string of the molecule is Brc1cccnc1COC1CCCC1. The Balaban J connectivity index is 1.88. The van der Waals surface area contributed by atoms with Gasteiger partial charge in [-0.15, -0.1) is 0 Å². The van der Waals surface area contributed by atoms with Gasteiger partial charge in [-0.2, -0.15) is 0 Å². The van der Waals surface area contributed by atoms with E-state index in [-0.39, 0.29) is 0 Å². The molecule has 1 aliphatic carbocycles. The van der Waals surface area contributed by atoms with Gasteiger partial charge in [-0.25, -0.2) is 0 Å². The molecule has 14 heavy (non-hydrogen) atoms. The molecule has 0 spiro atoms. The molecule has 3 heteroatoms. The van der Waals surface area contributed by atoms with Crippen LogP contribution < -0.4 is 0 Å². The van der Waals surface area contributed by atoms with Crippen LogP contribution in [0, 0.1) is 0 Å². The second-order valence-corrected chi connectivity index (χ2v) is 4.50. The molecule has 0 aliphatic heterocycles. The van der Waals surface area contributed by atoms with Crippen LogP contribution in [0.15, 0.2) is 22.8 Å². The van der Waals surface area contributed by atoms with Crippen molar-refractivity contribution < 1.29 is 4.74 Å². The molecule has 0 bridgehead atoms. The first-order chi connectivity index (χ1) is 6.86. The normalized spacial score (nSPS) is 17.5. The Labute approximate surface area is 92.8 Å². The van der Waals surface area contributed by atoms with Gasteiger partial charge in [-0.3, -0.25) is 4.98 Å². The number of halogens is 1. The molecule has 76 valence electrons. The van der Waals surface area contributed by atoms with E-state index in [9.17, 15) is 0 Å². The average Bonchev–Trinajstić information content (AvgIpc) is 2.69. The quantitative estimate of drug-likeness (QED) is 0.827. The molecule has 0 N–H and O–H groups in total. The average molecular weight is 256 g/mol. The van der Waals surface area contributed by atoms with Crippen molar-refractivity contribution in [2.75, 3.05) is 0 Å². The van der Waals surface area contributed by atoms with Crippen molar-refractivity contribution in [1.82, 2.24) is 4.98 Å². The Morgan fingerprint density at radius 1 is 1.43 bits per heavy atom. The van der Waals surface area contributed by atoms with Crippen molar-refractivity contribution in [2.45, 2.75) is 38.4 Å². The van der Waals surface area contributed by atoms with Crippen molar-refractivity contribution in [2.24, 2.45) is 0 Å². The third-order valence-electron chi connectivity index (χ3n) is 2.59. The Kier molecular flexibility index (Phi) is 3.54. The molecule has 1 fully saturated rings. The lowest BCUT2D eigenvalue weighted by atomic mass is 10.3. The zero-order valence-corrected chi connectivity index (χ0v) is 9.66. The second-order valence-electron chi connectivity index (χ2n) is 3.65. The molecule has 0 amide bonds. The summed E-state index contributed by atoms with van der Waals surface area (Å²) in [5.41, 5.74) is 0.999. The first-order valence-corrected chi connectivity index (χ1v) is 5.86. The van der Waals surface area contributed by atoms with Crippen LogP contribution in [-0.2, 0) is 11.3 Å². The van der Waals surface area contributed by atoms with E-state index in [2.05, 4.69) is 20.9 Å². The maximum atomic E-state index is 5.78.